The van der Waals surface area contributed by atoms with Crippen LogP contribution in [0.2, 0.25) is 0 Å². The van der Waals surface area contributed by atoms with Crippen molar-refractivity contribution in [1.29, 1.82) is 0 Å². The first kappa shape index (κ1) is 9.39. The number of nitrogens with two attached hydrogens (primary N) is 1. The lowest BCUT2D eigenvalue weighted by atomic mass is 10.0. The third-order valence-electron chi connectivity index (χ3n) is 1.68. The Balaban J connectivity index is 4.31. The van der Waals surface area contributed by atoms with Crippen LogP contribution in [-0.4, -0.2) is 30.3 Å². The average molecular weight is 147 g/mol. The molecule has 3 N–H and O–H groups in total. The van der Waals surface area contributed by atoms with E-state index < -0.39 is 11.6 Å². The maximum absolute atomic E-state index is 10.5. The Hall–Kier alpha value is -0.610. The molecule has 4 heteroatoms. The Kier molecular flexibility index (Phi) is 3.32. The van der Waals surface area contributed by atoms with Gasteiger partial charge in [-0.1, -0.05) is 6.92 Å². The van der Waals surface area contributed by atoms with Crippen LogP contribution in [0.1, 0.15) is 13.3 Å². The van der Waals surface area contributed by atoms with Gasteiger partial charge in [0.1, 0.15) is 0 Å². The Morgan fingerprint density at radius 1 is 1.80 bits per heavy atom. The van der Waals surface area contributed by atoms with Crippen molar-refractivity contribution in [2.45, 2.75) is 18.9 Å². The monoisotopic (exact) mass is 147 g/mol. The molecule has 0 fully saturated rings. The summed E-state index contributed by atoms with van der Waals surface area (Å²) in [6, 6.07) is 0. The van der Waals surface area contributed by atoms with Gasteiger partial charge in [0, 0.05) is 13.7 Å². The molecule has 4 nitrogen and oxygen atoms in total. The van der Waals surface area contributed by atoms with E-state index in [0.717, 1.165) is 0 Å². The van der Waals surface area contributed by atoms with Gasteiger partial charge in [0.05, 0.1) is 0 Å². The number of hydrogen-bond acceptors (Lipinski definition) is 3. The van der Waals surface area contributed by atoms with Crippen LogP contribution < -0.4 is 5.73 Å². The van der Waals surface area contributed by atoms with Gasteiger partial charge in [-0.3, -0.25) is 0 Å². The molecule has 0 aliphatic rings. The van der Waals surface area contributed by atoms with E-state index in [2.05, 4.69) is 0 Å². The van der Waals surface area contributed by atoms with Gasteiger partial charge in [0.15, 0.2) is 5.60 Å². The summed E-state index contributed by atoms with van der Waals surface area (Å²) in [5.41, 5.74) is 4.04. The highest BCUT2D eigenvalue weighted by Gasteiger charge is 2.34. The van der Waals surface area contributed by atoms with E-state index in [1.165, 1.54) is 7.11 Å². The smallest absolute Gasteiger partial charge is 0.337 e. The average Bonchev–Trinajstić information content (AvgIpc) is 1.92. The van der Waals surface area contributed by atoms with E-state index in [1.807, 2.05) is 0 Å². The first-order valence-electron chi connectivity index (χ1n) is 3.11. The molecule has 0 aliphatic carbocycles. The van der Waals surface area contributed by atoms with Crippen LogP contribution in [0.25, 0.3) is 0 Å². The lowest BCUT2D eigenvalue weighted by Crippen LogP contribution is -2.46. The number of rotatable bonds is 4. The van der Waals surface area contributed by atoms with Crippen LogP contribution in [-0.2, 0) is 9.53 Å². The normalized spacial score (nSPS) is 16.3. The van der Waals surface area contributed by atoms with Crippen LogP contribution in [0.4, 0.5) is 0 Å². The van der Waals surface area contributed by atoms with Gasteiger partial charge < -0.3 is 15.6 Å². The van der Waals surface area contributed by atoms with Gasteiger partial charge >= 0.3 is 5.97 Å². The number of carboxylic acids is 1. The topological polar surface area (TPSA) is 72.5 Å². The van der Waals surface area contributed by atoms with Crippen LogP contribution >= 0.6 is 0 Å². The van der Waals surface area contributed by atoms with E-state index in [9.17, 15) is 4.79 Å². The quantitative estimate of drug-likeness (QED) is 0.578. The SMILES string of the molecule is CCC(CN)(OC)C(=O)O. The molecule has 0 aromatic carbocycles. The standard InChI is InChI=1S/C6H13NO3/c1-3-6(4-7,10-2)5(8)9/h3-4,7H2,1-2H3,(H,8,9). The van der Waals surface area contributed by atoms with Gasteiger partial charge in [-0.05, 0) is 6.42 Å². The Morgan fingerprint density at radius 3 is 2.30 bits per heavy atom. The summed E-state index contributed by atoms with van der Waals surface area (Å²) in [6.07, 6.45) is 0.384. The molecule has 0 saturated carbocycles. The summed E-state index contributed by atoms with van der Waals surface area (Å²) < 4.78 is 4.77. The molecule has 0 aliphatic heterocycles. The minimum Gasteiger partial charge on any atom is -0.479 e. The fourth-order valence-corrected chi connectivity index (χ4v) is 0.698. The maximum atomic E-state index is 10.5. The number of ether oxygens (including phenoxy) is 1. The minimum absolute atomic E-state index is 0.00926. The Morgan fingerprint density at radius 2 is 2.30 bits per heavy atom. The Labute approximate surface area is 60.0 Å². The summed E-state index contributed by atoms with van der Waals surface area (Å²) in [5.74, 6) is -1.000. The van der Waals surface area contributed by atoms with Gasteiger partial charge in [-0.15, -0.1) is 0 Å². The van der Waals surface area contributed by atoms with E-state index in [0.29, 0.717) is 6.42 Å². The van der Waals surface area contributed by atoms with Gasteiger partial charge in [0.2, 0.25) is 0 Å². The molecule has 0 bridgehead atoms. The lowest BCUT2D eigenvalue weighted by molar-refractivity contribution is -0.161. The van der Waals surface area contributed by atoms with Crippen LogP contribution in [0, 0.1) is 0 Å². The van der Waals surface area contributed by atoms with Crippen molar-refractivity contribution in [3.05, 3.63) is 0 Å². The molecule has 0 amide bonds. The Bertz CT molecular complexity index is 112. The molecule has 1 unspecified atom stereocenters. The highest BCUT2D eigenvalue weighted by atomic mass is 16.5. The molecular formula is C6H13NO3. The summed E-state index contributed by atoms with van der Waals surface area (Å²) in [7, 11) is 1.35. The first-order chi connectivity index (χ1) is 4.63. The van der Waals surface area contributed by atoms with Gasteiger partial charge in [0.25, 0.3) is 0 Å². The van der Waals surface area contributed by atoms with Crippen LogP contribution in [0.3, 0.4) is 0 Å². The number of carboxylic acid groups (broad SMARTS) is 1. The second-order valence-electron chi connectivity index (χ2n) is 2.06. The summed E-state index contributed by atoms with van der Waals surface area (Å²) in [5, 5.41) is 8.62. The van der Waals surface area contributed by atoms with Gasteiger partial charge in [-0.2, -0.15) is 0 Å². The van der Waals surface area contributed by atoms with Crippen molar-refractivity contribution >= 4 is 5.97 Å². The summed E-state index contributed by atoms with van der Waals surface area (Å²) in [4.78, 5) is 10.5. The molecule has 0 saturated heterocycles. The summed E-state index contributed by atoms with van der Waals surface area (Å²) >= 11 is 0. The molecule has 0 rings (SSSR count). The second-order valence-corrected chi connectivity index (χ2v) is 2.06. The summed E-state index contributed by atoms with van der Waals surface area (Å²) in [6.45, 7) is 1.74. The number of carbonyl (C=O) groups is 1. The largest absolute Gasteiger partial charge is 0.479 e. The second kappa shape index (κ2) is 3.53. The molecule has 0 radical (unpaired) electrons. The molecule has 0 spiro atoms. The van der Waals surface area contributed by atoms with Crippen LogP contribution in [0.15, 0.2) is 0 Å². The predicted molar refractivity (Wildman–Crippen MR) is 36.7 cm³/mol. The first-order valence-corrected chi connectivity index (χ1v) is 3.11. The van der Waals surface area contributed by atoms with Crippen molar-refractivity contribution < 1.29 is 14.6 Å². The number of aliphatic carboxylic acids is 1. The van der Waals surface area contributed by atoms with Crippen molar-refractivity contribution in [3.8, 4) is 0 Å². The van der Waals surface area contributed by atoms with Crippen molar-refractivity contribution in [1.82, 2.24) is 0 Å². The van der Waals surface area contributed by atoms with E-state index in [1.54, 1.807) is 6.92 Å². The maximum Gasteiger partial charge on any atom is 0.337 e. The minimum atomic E-state index is -1.18. The fraction of sp³-hybridized carbons (Fsp3) is 0.833. The van der Waals surface area contributed by atoms with E-state index in [4.69, 9.17) is 15.6 Å². The van der Waals surface area contributed by atoms with Crippen molar-refractivity contribution in [2.24, 2.45) is 5.73 Å². The van der Waals surface area contributed by atoms with Crippen molar-refractivity contribution in [2.75, 3.05) is 13.7 Å². The molecule has 0 aromatic heterocycles. The van der Waals surface area contributed by atoms with Crippen molar-refractivity contribution in [3.63, 3.8) is 0 Å². The molecule has 1 atom stereocenters. The van der Waals surface area contributed by atoms with Gasteiger partial charge in [-0.25, -0.2) is 4.79 Å². The molecule has 60 valence electrons. The molecule has 10 heavy (non-hydrogen) atoms. The zero-order chi connectivity index (χ0) is 8.20. The highest BCUT2D eigenvalue weighted by Crippen LogP contribution is 2.12. The number of hydrogen-bond donors (Lipinski definition) is 2. The van der Waals surface area contributed by atoms with Crippen LogP contribution in [0.5, 0.6) is 0 Å². The molecule has 0 heterocycles. The third-order valence-corrected chi connectivity index (χ3v) is 1.68. The molecule has 0 aromatic rings. The van der Waals surface area contributed by atoms with E-state index >= 15 is 0 Å². The highest BCUT2D eigenvalue weighted by molar-refractivity contribution is 5.77. The molecular weight excluding hydrogens is 134 g/mol. The zero-order valence-electron chi connectivity index (χ0n) is 6.26. The third kappa shape index (κ3) is 1.46. The predicted octanol–water partition coefficient (Wildman–Crippen LogP) is -0.175. The lowest BCUT2D eigenvalue weighted by Gasteiger charge is -2.23. The van der Waals surface area contributed by atoms with E-state index in [-0.39, 0.29) is 6.54 Å². The zero-order valence-corrected chi connectivity index (χ0v) is 6.26. The number of methoxy groups -OCH3 is 1. The fourth-order valence-electron chi connectivity index (χ4n) is 0.698.